The van der Waals surface area contributed by atoms with Crippen LogP contribution in [0.4, 0.5) is 4.79 Å². The van der Waals surface area contributed by atoms with E-state index < -0.39 is 0 Å². The van der Waals surface area contributed by atoms with Crippen LogP contribution in [0.1, 0.15) is 31.2 Å². The van der Waals surface area contributed by atoms with Gasteiger partial charge in [0.05, 0.1) is 6.10 Å². The second-order valence-corrected chi connectivity index (χ2v) is 7.43. The van der Waals surface area contributed by atoms with Crippen molar-refractivity contribution in [1.29, 1.82) is 0 Å². The molecule has 5 heteroatoms. The van der Waals surface area contributed by atoms with Crippen LogP contribution in [0.3, 0.4) is 0 Å². The molecular weight excluding hydrogens is 314 g/mol. The summed E-state index contributed by atoms with van der Waals surface area (Å²) >= 11 is 0. The Balaban J connectivity index is 1.39. The first-order valence-electron chi connectivity index (χ1n) is 9.57. The first kappa shape index (κ1) is 18.2. The SMILES string of the molecule is CN(C[C@H]1CCCO1)C(=O)NC[C@@H]1CCCN(Cc2ccccc2)C1. The van der Waals surface area contributed by atoms with Crippen LogP contribution >= 0.6 is 0 Å². The van der Waals surface area contributed by atoms with E-state index in [9.17, 15) is 4.79 Å². The lowest BCUT2D eigenvalue weighted by atomic mass is 9.97. The molecule has 1 aromatic rings. The molecule has 5 nitrogen and oxygen atoms in total. The van der Waals surface area contributed by atoms with Gasteiger partial charge in [-0.25, -0.2) is 4.79 Å². The van der Waals surface area contributed by atoms with Gasteiger partial charge in [-0.1, -0.05) is 30.3 Å². The lowest BCUT2D eigenvalue weighted by molar-refractivity contribution is 0.0868. The van der Waals surface area contributed by atoms with E-state index in [1.165, 1.54) is 18.4 Å². The molecule has 2 fully saturated rings. The first-order valence-corrected chi connectivity index (χ1v) is 9.57. The van der Waals surface area contributed by atoms with E-state index >= 15 is 0 Å². The average Bonchev–Trinajstić information content (AvgIpc) is 3.14. The van der Waals surface area contributed by atoms with Gasteiger partial charge < -0.3 is 15.0 Å². The topological polar surface area (TPSA) is 44.8 Å². The number of carbonyl (C=O) groups is 1. The van der Waals surface area contributed by atoms with Gasteiger partial charge in [0.25, 0.3) is 0 Å². The molecule has 2 heterocycles. The Labute approximate surface area is 151 Å². The summed E-state index contributed by atoms with van der Waals surface area (Å²) in [5, 5.41) is 3.12. The van der Waals surface area contributed by atoms with Crippen molar-refractivity contribution < 1.29 is 9.53 Å². The summed E-state index contributed by atoms with van der Waals surface area (Å²) in [5.74, 6) is 0.539. The van der Waals surface area contributed by atoms with Crippen LogP contribution in [0.25, 0.3) is 0 Å². The van der Waals surface area contributed by atoms with Crippen molar-refractivity contribution in [2.45, 2.75) is 38.3 Å². The molecule has 0 unspecified atom stereocenters. The number of rotatable bonds is 6. The summed E-state index contributed by atoms with van der Waals surface area (Å²) in [6.07, 6.45) is 4.79. The number of nitrogens with one attached hydrogen (secondary N) is 1. The van der Waals surface area contributed by atoms with E-state index in [2.05, 4.69) is 40.5 Å². The standard InChI is InChI=1S/C20H31N3O2/c1-22(16-19-10-6-12-25-19)20(24)21-13-18-9-5-11-23(15-18)14-17-7-3-2-4-8-17/h2-4,7-8,18-19H,5-6,9-16H2,1H3,(H,21,24)/t18-,19+/m0/s1. The van der Waals surface area contributed by atoms with Crippen LogP contribution < -0.4 is 5.32 Å². The Morgan fingerprint density at radius 3 is 2.88 bits per heavy atom. The highest BCUT2D eigenvalue weighted by atomic mass is 16.5. The third-order valence-electron chi connectivity index (χ3n) is 5.24. The molecular formula is C20H31N3O2. The number of piperidine rings is 1. The van der Waals surface area contributed by atoms with Crippen molar-refractivity contribution in [3.63, 3.8) is 0 Å². The lowest BCUT2D eigenvalue weighted by Crippen LogP contribution is -2.45. The number of benzene rings is 1. The first-order chi connectivity index (χ1) is 12.2. The highest BCUT2D eigenvalue weighted by molar-refractivity contribution is 5.73. The van der Waals surface area contributed by atoms with E-state index in [0.717, 1.165) is 45.6 Å². The van der Waals surface area contributed by atoms with E-state index in [4.69, 9.17) is 4.74 Å². The fraction of sp³-hybridized carbons (Fsp3) is 0.650. The number of carbonyl (C=O) groups excluding carboxylic acids is 1. The molecule has 2 aliphatic rings. The van der Waals surface area contributed by atoms with Gasteiger partial charge in [0.1, 0.15) is 0 Å². The minimum absolute atomic E-state index is 0.0238. The Hall–Kier alpha value is -1.59. The summed E-state index contributed by atoms with van der Waals surface area (Å²) in [6.45, 7) is 5.50. The summed E-state index contributed by atoms with van der Waals surface area (Å²) in [7, 11) is 1.86. The quantitative estimate of drug-likeness (QED) is 0.862. The van der Waals surface area contributed by atoms with Gasteiger partial charge in [0.15, 0.2) is 0 Å². The van der Waals surface area contributed by atoms with Crippen LogP contribution in [0.15, 0.2) is 30.3 Å². The lowest BCUT2D eigenvalue weighted by Gasteiger charge is -2.33. The zero-order chi connectivity index (χ0) is 17.5. The number of urea groups is 1. The number of amides is 2. The Kier molecular flexibility index (Phi) is 6.70. The maximum Gasteiger partial charge on any atom is 0.317 e. The smallest absolute Gasteiger partial charge is 0.317 e. The molecule has 2 atom stereocenters. The fourth-order valence-corrected chi connectivity index (χ4v) is 3.85. The number of hydrogen-bond donors (Lipinski definition) is 1. The van der Waals surface area contributed by atoms with Crippen molar-refractivity contribution in [3.8, 4) is 0 Å². The molecule has 138 valence electrons. The number of ether oxygens (including phenoxy) is 1. The van der Waals surface area contributed by atoms with Gasteiger partial charge in [0.2, 0.25) is 0 Å². The summed E-state index contributed by atoms with van der Waals surface area (Å²) < 4.78 is 5.61. The molecule has 0 aliphatic carbocycles. The van der Waals surface area contributed by atoms with Gasteiger partial charge in [-0.15, -0.1) is 0 Å². The van der Waals surface area contributed by atoms with Gasteiger partial charge in [-0.2, -0.15) is 0 Å². The molecule has 1 aromatic carbocycles. The van der Waals surface area contributed by atoms with Crippen molar-refractivity contribution in [1.82, 2.24) is 15.1 Å². The fourth-order valence-electron chi connectivity index (χ4n) is 3.85. The Morgan fingerprint density at radius 2 is 2.12 bits per heavy atom. The highest BCUT2D eigenvalue weighted by Gasteiger charge is 2.23. The maximum absolute atomic E-state index is 12.3. The molecule has 2 amide bonds. The molecule has 0 spiro atoms. The van der Waals surface area contributed by atoms with Gasteiger partial charge in [0, 0.05) is 39.8 Å². The van der Waals surface area contributed by atoms with Gasteiger partial charge in [-0.05, 0) is 43.7 Å². The van der Waals surface area contributed by atoms with Gasteiger partial charge in [-0.3, -0.25) is 4.90 Å². The zero-order valence-electron chi connectivity index (χ0n) is 15.3. The molecule has 0 saturated carbocycles. The van der Waals surface area contributed by atoms with Crippen molar-refractivity contribution in [2.24, 2.45) is 5.92 Å². The third-order valence-corrected chi connectivity index (χ3v) is 5.24. The van der Waals surface area contributed by atoms with Crippen LogP contribution in [0.2, 0.25) is 0 Å². The monoisotopic (exact) mass is 345 g/mol. The van der Waals surface area contributed by atoms with E-state index in [-0.39, 0.29) is 12.1 Å². The number of hydrogen-bond acceptors (Lipinski definition) is 3. The summed E-state index contributed by atoms with van der Waals surface area (Å²) in [6, 6.07) is 10.7. The Morgan fingerprint density at radius 1 is 1.28 bits per heavy atom. The zero-order valence-corrected chi connectivity index (χ0v) is 15.3. The second-order valence-electron chi connectivity index (χ2n) is 7.43. The molecule has 2 aliphatic heterocycles. The van der Waals surface area contributed by atoms with Crippen LogP contribution in [0, 0.1) is 5.92 Å². The number of likely N-dealkylation sites (N-methyl/N-ethyl adjacent to an activating group) is 1. The largest absolute Gasteiger partial charge is 0.376 e. The molecule has 25 heavy (non-hydrogen) atoms. The predicted molar refractivity (Wildman–Crippen MR) is 99.4 cm³/mol. The highest BCUT2D eigenvalue weighted by Crippen LogP contribution is 2.18. The summed E-state index contributed by atoms with van der Waals surface area (Å²) in [4.78, 5) is 16.6. The van der Waals surface area contributed by atoms with Crippen LogP contribution in [-0.4, -0.2) is 61.8 Å². The Bertz CT molecular complexity index is 531. The van der Waals surface area contributed by atoms with Crippen molar-refractivity contribution in [3.05, 3.63) is 35.9 Å². The molecule has 3 rings (SSSR count). The molecule has 0 bridgehead atoms. The maximum atomic E-state index is 12.3. The van der Waals surface area contributed by atoms with Gasteiger partial charge >= 0.3 is 6.03 Å². The van der Waals surface area contributed by atoms with E-state index in [0.29, 0.717) is 12.5 Å². The normalized spacial score (nSPS) is 24.2. The molecule has 0 aromatic heterocycles. The van der Waals surface area contributed by atoms with E-state index in [1.54, 1.807) is 4.90 Å². The molecule has 0 radical (unpaired) electrons. The summed E-state index contributed by atoms with van der Waals surface area (Å²) in [5.41, 5.74) is 1.36. The predicted octanol–water partition coefficient (Wildman–Crippen LogP) is 2.72. The van der Waals surface area contributed by atoms with Crippen LogP contribution in [0.5, 0.6) is 0 Å². The van der Waals surface area contributed by atoms with Crippen LogP contribution in [-0.2, 0) is 11.3 Å². The van der Waals surface area contributed by atoms with Crippen molar-refractivity contribution >= 4 is 6.03 Å². The second kappa shape index (κ2) is 9.20. The molecule has 1 N–H and O–H groups in total. The minimum atomic E-state index is 0.0238. The molecule has 2 saturated heterocycles. The number of nitrogens with zero attached hydrogens (tertiary/aromatic N) is 2. The third kappa shape index (κ3) is 5.72. The van der Waals surface area contributed by atoms with E-state index in [1.807, 2.05) is 7.05 Å². The van der Waals surface area contributed by atoms with Crippen molar-refractivity contribution in [2.75, 3.05) is 39.8 Å². The minimum Gasteiger partial charge on any atom is -0.376 e. The number of likely N-dealkylation sites (tertiary alicyclic amines) is 1. The average molecular weight is 345 g/mol.